The van der Waals surface area contributed by atoms with Crippen molar-refractivity contribution >= 4 is 34.2 Å². The summed E-state index contributed by atoms with van der Waals surface area (Å²) in [7, 11) is 1.49. The normalized spacial score (nSPS) is 10.0. The lowest BCUT2D eigenvalue weighted by Crippen LogP contribution is -2.17. The molecule has 7 heteroatoms. The molecule has 0 saturated heterocycles. The molecule has 0 fully saturated rings. The van der Waals surface area contributed by atoms with Gasteiger partial charge < -0.3 is 10.1 Å². The Balaban J connectivity index is 2.43. The lowest BCUT2D eigenvalue weighted by atomic mass is 10.1. The summed E-state index contributed by atoms with van der Waals surface area (Å²) in [4.78, 5) is 22.1. The van der Waals surface area contributed by atoms with Crippen molar-refractivity contribution in [2.75, 3.05) is 7.05 Å². The van der Waals surface area contributed by atoms with Crippen LogP contribution in [-0.4, -0.2) is 17.9 Å². The fourth-order valence-corrected chi connectivity index (χ4v) is 2.20. The number of nitrogens with zero attached hydrogens (tertiary/aromatic N) is 1. The number of ether oxygens (including phenoxy) is 1. The van der Waals surface area contributed by atoms with Gasteiger partial charge in [-0.05, 0) is 46.9 Å². The van der Waals surface area contributed by atoms with Crippen LogP contribution in [0, 0.1) is 13.7 Å². The topological polar surface area (TPSA) is 81.5 Å². The highest BCUT2D eigenvalue weighted by molar-refractivity contribution is 14.1. The molecule has 0 bridgehead atoms. The lowest BCUT2D eigenvalue weighted by molar-refractivity contribution is -0.385. The number of halogens is 1. The van der Waals surface area contributed by atoms with Crippen molar-refractivity contribution < 1.29 is 14.5 Å². The van der Waals surface area contributed by atoms with Gasteiger partial charge in [0.1, 0.15) is 5.75 Å². The number of nitro groups is 1. The zero-order chi connectivity index (χ0) is 15.4. The maximum absolute atomic E-state index is 11.6. The van der Waals surface area contributed by atoms with Gasteiger partial charge in [0.2, 0.25) is 5.75 Å². The van der Waals surface area contributed by atoms with Gasteiger partial charge in [-0.25, -0.2) is 0 Å². The van der Waals surface area contributed by atoms with Gasteiger partial charge in [-0.1, -0.05) is 6.07 Å². The number of amides is 1. The van der Waals surface area contributed by atoms with E-state index in [1.165, 1.54) is 25.2 Å². The van der Waals surface area contributed by atoms with Gasteiger partial charge in [-0.2, -0.15) is 0 Å². The summed E-state index contributed by atoms with van der Waals surface area (Å²) in [6.45, 7) is 0. The molecule has 2 rings (SSSR count). The molecule has 0 aliphatic heterocycles. The first-order chi connectivity index (χ1) is 10.0. The van der Waals surface area contributed by atoms with Crippen molar-refractivity contribution in [2.24, 2.45) is 0 Å². The molecule has 2 aromatic rings. The van der Waals surface area contributed by atoms with E-state index in [4.69, 9.17) is 4.74 Å². The zero-order valence-corrected chi connectivity index (χ0v) is 13.2. The summed E-state index contributed by atoms with van der Waals surface area (Å²) in [6, 6.07) is 11.1. The number of nitro benzene ring substituents is 1. The molecule has 2 aromatic carbocycles. The van der Waals surface area contributed by atoms with E-state index < -0.39 is 4.92 Å². The smallest absolute Gasteiger partial charge is 0.311 e. The van der Waals surface area contributed by atoms with E-state index in [1.54, 1.807) is 18.2 Å². The van der Waals surface area contributed by atoms with Gasteiger partial charge in [0.25, 0.3) is 5.91 Å². The SMILES string of the molecule is CNC(=O)c1ccc([N+](=O)[O-])c(Oc2cccc(I)c2)c1. The van der Waals surface area contributed by atoms with Crippen LogP contribution < -0.4 is 10.1 Å². The number of benzene rings is 2. The van der Waals surface area contributed by atoms with Crippen molar-refractivity contribution in [3.05, 3.63) is 61.7 Å². The molecule has 0 spiro atoms. The van der Waals surface area contributed by atoms with Crippen molar-refractivity contribution in [2.45, 2.75) is 0 Å². The largest absolute Gasteiger partial charge is 0.450 e. The molecule has 108 valence electrons. The average molecular weight is 398 g/mol. The van der Waals surface area contributed by atoms with Gasteiger partial charge in [-0.15, -0.1) is 0 Å². The van der Waals surface area contributed by atoms with Crippen LogP contribution in [0.1, 0.15) is 10.4 Å². The van der Waals surface area contributed by atoms with E-state index in [9.17, 15) is 14.9 Å². The molecule has 0 saturated carbocycles. The first-order valence-corrected chi connectivity index (χ1v) is 7.03. The lowest BCUT2D eigenvalue weighted by Gasteiger charge is -2.08. The number of carbonyl (C=O) groups excluding carboxylic acids is 1. The van der Waals surface area contributed by atoms with Gasteiger partial charge in [0.05, 0.1) is 4.92 Å². The Kier molecular flexibility index (Phi) is 4.73. The molecule has 21 heavy (non-hydrogen) atoms. The molecule has 0 aliphatic rings. The summed E-state index contributed by atoms with van der Waals surface area (Å²) in [5.74, 6) is 0.166. The van der Waals surface area contributed by atoms with Crippen molar-refractivity contribution in [3.8, 4) is 11.5 Å². The highest BCUT2D eigenvalue weighted by Crippen LogP contribution is 2.32. The Morgan fingerprint density at radius 2 is 2.05 bits per heavy atom. The number of nitrogens with one attached hydrogen (secondary N) is 1. The Bertz CT molecular complexity index is 703. The molecule has 1 amide bonds. The predicted molar refractivity (Wildman–Crippen MR) is 85.7 cm³/mol. The van der Waals surface area contributed by atoms with Gasteiger partial charge in [-0.3, -0.25) is 14.9 Å². The molecule has 0 aliphatic carbocycles. The molecule has 6 nitrogen and oxygen atoms in total. The molecule has 1 N–H and O–H groups in total. The molecular weight excluding hydrogens is 387 g/mol. The van der Waals surface area contributed by atoms with Crippen LogP contribution in [0.2, 0.25) is 0 Å². The second-order valence-electron chi connectivity index (χ2n) is 4.08. The molecule has 0 aromatic heterocycles. The molecular formula is C14H11IN2O4. The van der Waals surface area contributed by atoms with Gasteiger partial charge >= 0.3 is 5.69 Å². The number of hydrogen-bond acceptors (Lipinski definition) is 4. The number of carbonyl (C=O) groups is 1. The summed E-state index contributed by atoms with van der Waals surface area (Å²) >= 11 is 2.12. The fourth-order valence-electron chi connectivity index (χ4n) is 1.69. The maximum Gasteiger partial charge on any atom is 0.311 e. The Morgan fingerprint density at radius 3 is 2.67 bits per heavy atom. The third-order valence-electron chi connectivity index (χ3n) is 2.67. The minimum absolute atomic E-state index is 0.0306. The first-order valence-electron chi connectivity index (χ1n) is 5.95. The van der Waals surface area contributed by atoms with E-state index in [-0.39, 0.29) is 17.3 Å². The van der Waals surface area contributed by atoms with E-state index in [0.717, 1.165) is 3.57 Å². The van der Waals surface area contributed by atoms with Crippen LogP contribution in [0.15, 0.2) is 42.5 Å². The van der Waals surface area contributed by atoms with Crippen molar-refractivity contribution in [1.82, 2.24) is 5.32 Å². The van der Waals surface area contributed by atoms with E-state index in [2.05, 4.69) is 27.9 Å². The Labute approximate surface area is 134 Å². The minimum Gasteiger partial charge on any atom is -0.450 e. The molecule has 0 unspecified atom stereocenters. The highest BCUT2D eigenvalue weighted by atomic mass is 127. The van der Waals surface area contributed by atoms with Crippen LogP contribution in [0.3, 0.4) is 0 Å². The van der Waals surface area contributed by atoms with Crippen molar-refractivity contribution in [1.29, 1.82) is 0 Å². The van der Waals surface area contributed by atoms with E-state index >= 15 is 0 Å². The second-order valence-corrected chi connectivity index (χ2v) is 5.32. The third-order valence-corrected chi connectivity index (χ3v) is 3.34. The average Bonchev–Trinajstić information content (AvgIpc) is 2.46. The van der Waals surface area contributed by atoms with Crippen molar-refractivity contribution in [3.63, 3.8) is 0 Å². The van der Waals surface area contributed by atoms with Gasteiger partial charge in [0, 0.05) is 28.3 Å². The Hall–Kier alpha value is -2.16. The minimum atomic E-state index is -0.545. The number of rotatable bonds is 4. The number of hydrogen-bond donors (Lipinski definition) is 1. The first kappa shape index (κ1) is 15.2. The quantitative estimate of drug-likeness (QED) is 0.487. The standard InChI is InChI=1S/C14H11IN2O4/c1-16-14(18)9-5-6-12(17(19)20)13(7-9)21-11-4-2-3-10(15)8-11/h2-8H,1H3,(H,16,18). The monoisotopic (exact) mass is 398 g/mol. The zero-order valence-electron chi connectivity index (χ0n) is 11.0. The summed E-state index contributed by atoms with van der Waals surface area (Å²) < 4.78 is 6.50. The molecule has 0 radical (unpaired) electrons. The van der Waals surface area contributed by atoms with Crippen LogP contribution in [0.5, 0.6) is 11.5 Å². The van der Waals surface area contributed by atoms with E-state index in [1.807, 2.05) is 6.07 Å². The van der Waals surface area contributed by atoms with Gasteiger partial charge in [0.15, 0.2) is 0 Å². The highest BCUT2D eigenvalue weighted by Gasteiger charge is 2.18. The summed E-state index contributed by atoms with van der Waals surface area (Å²) in [5, 5.41) is 13.5. The molecule has 0 heterocycles. The Morgan fingerprint density at radius 1 is 1.29 bits per heavy atom. The maximum atomic E-state index is 11.6. The van der Waals surface area contributed by atoms with E-state index in [0.29, 0.717) is 11.3 Å². The van der Waals surface area contributed by atoms with Crippen LogP contribution in [-0.2, 0) is 0 Å². The third kappa shape index (κ3) is 3.69. The predicted octanol–water partition coefficient (Wildman–Crippen LogP) is 3.35. The molecule has 0 atom stereocenters. The second kappa shape index (κ2) is 6.53. The van der Waals surface area contributed by atoms with Crippen LogP contribution in [0.25, 0.3) is 0 Å². The summed E-state index contributed by atoms with van der Waals surface area (Å²) in [5.41, 5.74) is 0.102. The van der Waals surface area contributed by atoms with Crippen LogP contribution >= 0.6 is 22.6 Å². The fraction of sp³-hybridized carbons (Fsp3) is 0.0714. The van der Waals surface area contributed by atoms with Crippen LogP contribution in [0.4, 0.5) is 5.69 Å². The summed E-state index contributed by atoms with van der Waals surface area (Å²) in [6.07, 6.45) is 0.